The Hall–Kier alpha value is -1.81. The van der Waals surface area contributed by atoms with Gasteiger partial charge in [0.2, 0.25) is 5.88 Å². The van der Waals surface area contributed by atoms with Crippen molar-refractivity contribution in [1.29, 1.82) is 0 Å². The lowest BCUT2D eigenvalue weighted by Crippen LogP contribution is -2.26. The molecule has 1 aliphatic heterocycles. The predicted octanol–water partition coefficient (Wildman–Crippen LogP) is 2.74. The number of rotatable bonds is 4. The van der Waals surface area contributed by atoms with Gasteiger partial charge in [0.05, 0.1) is 5.56 Å². The van der Waals surface area contributed by atoms with Crippen LogP contribution < -0.4 is 0 Å². The highest BCUT2D eigenvalue weighted by Crippen LogP contribution is 2.27. The molecule has 1 aromatic carbocycles. The Morgan fingerprint density at radius 1 is 1.30 bits per heavy atom. The lowest BCUT2D eigenvalue weighted by atomic mass is 10.1. The van der Waals surface area contributed by atoms with Crippen molar-refractivity contribution in [2.24, 2.45) is 0 Å². The van der Waals surface area contributed by atoms with E-state index in [-0.39, 0.29) is 5.88 Å². The molecule has 0 aliphatic carbocycles. The Bertz CT molecular complexity index is 564. The zero-order valence-electron chi connectivity index (χ0n) is 11.9. The number of aromatic hydroxyl groups is 1. The first-order valence-electron chi connectivity index (χ1n) is 7.26. The predicted molar refractivity (Wildman–Crippen MR) is 79.6 cm³/mol. The van der Waals surface area contributed by atoms with Crippen LogP contribution in [0.15, 0.2) is 36.5 Å². The third-order valence-electron chi connectivity index (χ3n) is 4.19. The normalized spacial score (nSPS) is 19.6. The minimum absolute atomic E-state index is 0.121. The lowest BCUT2D eigenvalue weighted by molar-refractivity contribution is 0.282. The van der Waals surface area contributed by atoms with Gasteiger partial charge in [-0.3, -0.25) is 4.68 Å². The van der Waals surface area contributed by atoms with Crippen molar-refractivity contribution in [2.45, 2.75) is 31.8 Å². The Kier molecular flexibility index (Phi) is 3.74. The van der Waals surface area contributed by atoms with Gasteiger partial charge >= 0.3 is 0 Å². The molecule has 1 N–H and O–H groups in total. The Balaban J connectivity index is 1.69. The first-order valence-corrected chi connectivity index (χ1v) is 7.26. The summed E-state index contributed by atoms with van der Waals surface area (Å²) >= 11 is 0. The molecule has 1 aliphatic rings. The second-order valence-corrected chi connectivity index (χ2v) is 5.56. The molecule has 1 saturated heterocycles. The van der Waals surface area contributed by atoms with Crippen LogP contribution >= 0.6 is 0 Å². The largest absolute Gasteiger partial charge is 0.492 e. The Morgan fingerprint density at radius 2 is 2.10 bits per heavy atom. The van der Waals surface area contributed by atoms with Gasteiger partial charge in [0.25, 0.3) is 0 Å². The Morgan fingerprint density at radius 3 is 2.80 bits per heavy atom. The van der Waals surface area contributed by atoms with Gasteiger partial charge in [-0.25, -0.2) is 0 Å². The summed E-state index contributed by atoms with van der Waals surface area (Å²) < 4.78 is 1.86. The fourth-order valence-corrected chi connectivity index (χ4v) is 2.97. The summed E-state index contributed by atoms with van der Waals surface area (Å²) in [5, 5.41) is 14.2. The van der Waals surface area contributed by atoms with Gasteiger partial charge in [-0.05, 0) is 38.4 Å². The molecule has 1 aromatic heterocycles. The number of benzene rings is 1. The van der Waals surface area contributed by atoms with E-state index in [4.69, 9.17) is 0 Å². The van der Waals surface area contributed by atoms with Crippen LogP contribution in [0, 0.1) is 0 Å². The van der Waals surface area contributed by atoms with E-state index in [9.17, 15) is 5.11 Å². The van der Waals surface area contributed by atoms with Crippen LogP contribution in [-0.2, 0) is 6.54 Å². The van der Waals surface area contributed by atoms with E-state index in [2.05, 4.69) is 17.0 Å². The van der Waals surface area contributed by atoms with Crippen LogP contribution in [0.4, 0.5) is 0 Å². The molecular weight excluding hydrogens is 250 g/mol. The van der Waals surface area contributed by atoms with Crippen LogP contribution in [0.5, 0.6) is 5.88 Å². The number of hydrogen-bond donors (Lipinski definition) is 1. The summed E-state index contributed by atoms with van der Waals surface area (Å²) in [5.74, 6) is 0.121. The molecule has 1 atom stereocenters. The number of hydrogen-bond acceptors (Lipinski definition) is 3. The average Bonchev–Trinajstić information content (AvgIpc) is 3.03. The van der Waals surface area contributed by atoms with E-state index >= 15 is 0 Å². The number of aryl methyl sites for hydroxylation is 1. The minimum atomic E-state index is 0.121. The fourth-order valence-electron chi connectivity index (χ4n) is 2.97. The van der Waals surface area contributed by atoms with E-state index < -0.39 is 0 Å². The molecule has 4 nitrogen and oxygen atoms in total. The SMILES string of the molecule is CN1CCCC1CCn1cc(-c2ccccc2)c(O)n1. The molecule has 0 amide bonds. The number of aromatic nitrogens is 2. The zero-order valence-corrected chi connectivity index (χ0v) is 11.9. The summed E-state index contributed by atoms with van der Waals surface area (Å²) in [7, 11) is 2.19. The van der Waals surface area contributed by atoms with Gasteiger partial charge in [-0.1, -0.05) is 30.3 Å². The molecule has 0 spiro atoms. The minimum Gasteiger partial charge on any atom is -0.492 e. The molecule has 106 valence electrons. The summed E-state index contributed by atoms with van der Waals surface area (Å²) in [6, 6.07) is 10.6. The topological polar surface area (TPSA) is 41.3 Å². The molecule has 20 heavy (non-hydrogen) atoms. The third-order valence-corrected chi connectivity index (χ3v) is 4.19. The van der Waals surface area contributed by atoms with E-state index in [0.717, 1.165) is 24.1 Å². The van der Waals surface area contributed by atoms with Crippen molar-refractivity contribution < 1.29 is 5.11 Å². The number of likely N-dealkylation sites (tertiary alicyclic amines) is 1. The van der Waals surface area contributed by atoms with E-state index in [0.29, 0.717) is 6.04 Å². The fraction of sp³-hybridized carbons (Fsp3) is 0.438. The van der Waals surface area contributed by atoms with Gasteiger partial charge in [-0.2, -0.15) is 0 Å². The molecule has 0 bridgehead atoms. The summed E-state index contributed by atoms with van der Waals surface area (Å²) in [6.07, 6.45) is 5.60. The maximum atomic E-state index is 9.99. The molecule has 2 heterocycles. The second kappa shape index (κ2) is 5.67. The highest BCUT2D eigenvalue weighted by molar-refractivity contribution is 5.67. The first kappa shape index (κ1) is 13.2. The van der Waals surface area contributed by atoms with Gasteiger partial charge < -0.3 is 10.0 Å². The maximum absolute atomic E-state index is 9.99. The molecule has 0 radical (unpaired) electrons. The van der Waals surface area contributed by atoms with E-state index in [1.54, 1.807) is 0 Å². The average molecular weight is 271 g/mol. The highest BCUT2D eigenvalue weighted by Gasteiger charge is 2.20. The van der Waals surface area contributed by atoms with Gasteiger partial charge in [0.15, 0.2) is 0 Å². The Labute approximate surface area is 119 Å². The molecule has 4 heteroatoms. The van der Waals surface area contributed by atoms with Crippen molar-refractivity contribution in [3.05, 3.63) is 36.5 Å². The maximum Gasteiger partial charge on any atom is 0.238 e. The molecular formula is C16H21N3O. The van der Waals surface area contributed by atoms with Crippen LogP contribution in [0.3, 0.4) is 0 Å². The van der Waals surface area contributed by atoms with E-state index in [1.165, 1.54) is 19.4 Å². The molecule has 3 rings (SSSR count). The lowest BCUT2D eigenvalue weighted by Gasteiger charge is -2.18. The van der Waals surface area contributed by atoms with Gasteiger partial charge in [0, 0.05) is 18.8 Å². The van der Waals surface area contributed by atoms with E-state index in [1.807, 2.05) is 41.2 Å². The standard InChI is InChI=1S/C16H21N3O/c1-18-10-5-8-14(18)9-11-19-12-15(16(20)17-19)13-6-3-2-4-7-13/h2-4,6-7,12,14H,5,8-11H2,1H3,(H,17,20). The first-order chi connectivity index (χ1) is 9.74. The third kappa shape index (κ3) is 2.70. The molecule has 1 fully saturated rings. The smallest absolute Gasteiger partial charge is 0.238 e. The van der Waals surface area contributed by atoms with Crippen molar-refractivity contribution in [2.75, 3.05) is 13.6 Å². The number of nitrogens with zero attached hydrogens (tertiary/aromatic N) is 3. The van der Waals surface area contributed by atoms with Gasteiger partial charge in [-0.15, -0.1) is 5.10 Å². The quantitative estimate of drug-likeness (QED) is 0.929. The molecule has 0 saturated carbocycles. The van der Waals surface area contributed by atoms with Crippen LogP contribution in [0.25, 0.3) is 11.1 Å². The molecule has 2 aromatic rings. The van der Waals surface area contributed by atoms with Crippen molar-refractivity contribution in [3.63, 3.8) is 0 Å². The summed E-state index contributed by atoms with van der Waals surface area (Å²) in [4.78, 5) is 2.42. The highest BCUT2D eigenvalue weighted by atomic mass is 16.3. The summed E-state index contributed by atoms with van der Waals surface area (Å²) in [6.45, 7) is 2.06. The van der Waals surface area contributed by atoms with Crippen molar-refractivity contribution >= 4 is 0 Å². The van der Waals surface area contributed by atoms with Crippen LogP contribution in [-0.4, -0.2) is 39.4 Å². The second-order valence-electron chi connectivity index (χ2n) is 5.56. The van der Waals surface area contributed by atoms with Crippen molar-refractivity contribution in [3.8, 4) is 17.0 Å². The molecule has 1 unspecified atom stereocenters. The summed E-state index contributed by atoms with van der Waals surface area (Å²) in [5.41, 5.74) is 1.82. The van der Waals surface area contributed by atoms with Crippen LogP contribution in [0.2, 0.25) is 0 Å². The van der Waals surface area contributed by atoms with Crippen LogP contribution in [0.1, 0.15) is 19.3 Å². The van der Waals surface area contributed by atoms with Gasteiger partial charge in [0.1, 0.15) is 0 Å². The monoisotopic (exact) mass is 271 g/mol. The van der Waals surface area contributed by atoms with Crippen molar-refractivity contribution in [1.82, 2.24) is 14.7 Å². The zero-order chi connectivity index (χ0) is 13.9.